The maximum Gasteiger partial charge on any atom is 0.340 e. The zero-order valence-electron chi connectivity index (χ0n) is 8.28. The van der Waals surface area contributed by atoms with Gasteiger partial charge >= 0.3 is 5.97 Å². The average molecular weight is 202 g/mol. The van der Waals surface area contributed by atoms with Gasteiger partial charge in [0.25, 0.3) is 0 Å². The van der Waals surface area contributed by atoms with Crippen LogP contribution in [-0.2, 0) is 11.3 Å². The fourth-order valence-electron chi connectivity index (χ4n) is 1.65. The minimum atomic E-state index is -0.740. The number of rotatable bonds is 2. The Hall–Kier alpha value is -1.86. The van der Waals surface area contributed by atoms with Crippen LogP contribution in [0, 0.1) is 11.3 Å². The van der Waals surface area contributed by atoms with Gasteiger partial charge in [0.05, 0.1) is 5.56 Å². The number of benzene rings is 1. The van der Waals surface area contributed by atoms with Crippen molar-refractivity contribution in [2.75, 3.05) is 7.05 Å². The molecule has 0 aromatic heterocycles. The molecule has 1 unspecified atom stereocenters. The number of nitrogens with one attached hydrogen (secondary N) is 1. The van der Waals surface area contributed by atoms with Crippen LogP contribution in [0.25, 0.3) is 0 Å². The third kappa shape index (κ3) is 1.58. The SMILES string of the molecule is CNCc1ccc2c(c1)C(=O)OC2C#N. The summed E-state index contributed by atoms with van der Waals surface area (Å²) in [5, 5.41) is 11.8. The number of nitriles is 1. The van der Waals surface area contributed by atoms with Gasteiger partial charge in [0, 0.05) is 12.1 Å². The van der Waals surface area contributed by atoms with Crippen molar-refractivity contribution in [3.05, 3.63) is 34.9 Å². The first kappa shape index (κ1) is 9.69. The zero-order valence-corrected chi connectivity index (χ0v) is 8.28. The molecule has 1 atom stereocenters. The minimum Gasteiger partial charge on any atom is -0.438 e. The van der Waals surface area contributed by atoms with E-state index < -0.39 is 12.1 Å². The largest absolute Gasteiger partial charge is 0.438 e. The smallest absolute Gasteiger partial charge is 0.340 e. The number of esters is 1. The number of carbonyl (C=O) groups excluding carboxylic acids is 1. The predicted molar refractivity (Wildman–Crippen MR) is 53.0 cm³/mol. The summed E-state index contributed by atoms with van der Waals surface area (Å²) in [4.78, 5) is 11.4. The predicted octanol–water partition coefficient (Wildman–Crippen LogP) is 1.14. The lowest BCUT2D eigenvalue weighted by Gasteiger charge is -2.02. The Morgan fingerprint density at radius 2 is 2.40 bits per heavy atom. The van der Waals surface area contributed by atoms with E-state index in [9.17, 15) is 4.79 Å². The molecule has 1 N–H and O–H groups in total. The number of carbonyl (C=O) groups is 1. The number of hydrogen-bond donors (Lipinski definition) is 1. The van der Waals surface area contributed by atoms with Gasteiger partial charge in [0.1, 0.15) is 6.07 Å². The van der Waals surface area contributed by atoms with Crippen molar-refractivity contribution < 1.29 is 9.53 Å². The quantitative estimate of drug-likeness (QED) is 0.730. The molecule has 15 heavy (non-hydrogen) atoms. The summed E-state index contributed by atoms with van der Waals surface area (Å²) in [5.74, 6) is -0.408. The topological polar surface area (TPSA) is 62.1 Å². The second-order valence-electron chi connectivity index (χ2n) is 3.37. The lowest BCUT2D eigenvalue weighted by Crippen LogP contribution is -2.06. The summed E-state index contributed by atoms with van der Waals surface area (Å²) >= 11 is 0. The molecular weight excluding hydrogens is 192 g/mol. The molecule has 2 rings (SSSR count). The molecule has 0 fully saturated rings. The van der Waals surface area contributed by atoms with Crippen LogP contribution in [0.3, 0.4) is 0 Å². The van der Waals surface area contributed by atoms with Gasteiger partial charge in [-0.25, -0.2) is 4.79 Å². The molecule has 0 spiro atoms. The maximum absolute atomic E-state index is 11.4. The maximum atomic E-state index is 11.4. The third-order valence-corrected chi connectivity index (χ3v) is 2.34. The van der Waals surface area contributed by atoms with Crippen molar-refractivity contribution in [1.82, 2.24) is 5.32 Å². The van der Waals surface area contributed by atoms with Gasteiger partial charge in [-0.15, -0.1) is 0 Å². The highest BCUT2D eigenvalue weighted by Gasteiger charge is 2.30. The van der Waals surface area contributed by atoms with E-state index in [0.717, 1.165) is 5.56 Å². The average Bonchev–Trinajstić information content (AvgIpc) is 2.56. The second-order valence-corrected chi connectivity index (χ2v) is 3.37. The molecule has 0 saturated carbocycles. The fourth-order valence-corrected chi connectivity index (χ4v) is 1.65. The van der Waals surface area contributed by atoms with E-state index in [1.54, 1.807) is 12.1 Å². The highest BCUT2D eigenvalue weighted by Crippen LogP contribution is 2.30. The highest BCUT2D eigenvalue weighted by molar-refractivity contribution is 5.94. The number of ether oxygens (including phenoxy) is 1. The van der Waals surface area contributed by atoms with E-state index >= 15 is 0 Å². The second kappa shape index (κ2) is 3.71. The van der Waals surface area contributed by atoms with Crippen molar-refractivity contribution in [2.24, 2.45) is 0 Å². The molecule has 0 aliphatic carbocycles. The molecule has 0 amide bonds. The van der Waals surface area contributed by atoms with Gasteiger partial charge < -0.3 is 10.1 Å². The zero-order chi connectivity index (χ0) is 10.8. The van der Waals surface area contributed by atoms with E-state index in [0.29, 0.717) is 17.7 Å². The number of nitrogens with zero attached hydrogens (tertiary/aromatic N) is 1. The lowest BCUT2D eigenvalue weighted by molar-refractivity contribution is 0.0478. The summed E-state index contributed by atoms with van der Waals surface area (Å²) in [6, 6.07) is 7.38. The first-order valence-corrected chi connectivity index (χ1v) is 4.64. The van der Waals surface area contributed by atoms with Gasteiger partial charge in [-0.2, -0.15) is 5.26 Å². The highest BCUT2D eigenvalue weighted by atomic mass is 16.5. The summed E-state index contributed by atoms with van der Waals surface area (Å²) in [5.41, 5.74) is 2.18. The number of fused-ring (bicyclic) bond motifs is 1. The van der Waals surface area contributed by atoms with E-state index in [-0.39, 0.29) is 0 Å². The van der Waals surface area contributed by atoms with Gasteiger partial charge in [-0.1, -0.05) is 12.1 Å². The summed E-state index contributed by atoms with van der Waals surface area (Å²) < 4.78 is 4.89. The van der Waals surface area contributed by atoms with Crippen LogP contribution < -0.4 is 5.32 Å². The van der Waals surface area contributed by atoms with Crippen LogP contribution in [0.15, 0.2) is 18.2 Å². The molecule has 1 aromatic carbocycles. The number of hydrogen-bond acceptors (Lipinski definition) is 4. The summed E-state index contributed by atoms with van der Waals surface area (Å²) in [7, 11) is 1.84. The van der Waals surface area contributed by atoms with Crippen LogP contribution in [-0.4, -0.2) is 13.0 Å². The fraction of sp³-hybridized carbons (Fsp3) is 0.273. The van der Waals surface area contributed by atoms with Crippen LogP contribution >= 0.6 is 0 Å². The Labute approximate surface area is 87.5 Å². The van der Waals surface area contributed by atoms with Crippen LogP contribution in [0.2, 0.25) is 0 Å². The molecule has 4 nitrogen and oxygen atoms in total. The van der Waals surface area contributed by atoms with Crippen LogP contribution in [0.4, 0.5) is 0 Å². The van der Waals surface area contributed by atoms with Crippen LogP contribution in [0.1, 0.15) is 27.6 Å². The van der Waals surface area contributed by atoms with Gasteiger partial charge in [-0.3, -0.25) is 0 Å². The van der Waals surface area contributed by atoms with Crippen LogP contribution in [0.5, 0.6) is 0 Å². The first-order valence-electron chi connectivity index (χ1n) is 4.64. The van der Waals surface area contributed by atoms with E-state index in [4.69, 9.17) is 10.00 Å². The normalized spacial score (nSPS) is 18.1. The molecule has 1 aliphatic heterocycles. The Kier molecular flexibility index (Phi) is 2.40. The first-order chi connectivity index (χ1) is 7.26. The van der Waals surface area contributed by atoms with E-state index in [1.165, 1.54) is 0 Å². The molecule has 0 radical (unpaired) electrons. The Balaban J connectivity index is 2.42. The van der Waals surface area contributed by atoms with Crippen molar-refractivity contribution in [3.63, 3.8) is 0 Å². The summed E-state index contributed by atoms with van der Waals surface area (Å²) in [6.45, 7) is 0.692. The Morgan fingerprint density at radius 3 is 3.07 bits per heavy atom. The van der Waals surface area contributed by atoms with E-state index in [1.807, 2.05) is 19.2 Å². The molecule has 4 heteroatoms. The lowest BCUT2D eigenvalue weighted by atomic mass is 10.0. The molecule has 76 valence electrons. The molecule has 1 aliphatic rings. The van der Waals surface area contributed by atoms with Gasteiger partial charge in [-0.05, 0) is 18.7 Å². The van der Waals surface area contributed by atoms with Crippen molar-refractivity contribution in [2.45, 2.75) is 12.6 Å². The molecule has 1 heterocycles. The summed E-state index contributed by atoms with van der Waals surface area (Å²) in [6.07, 6.45) is -0.740. The van der Waals surface area contributed by atoms with Crippen molar-refractivity contribution in [3.8, 4) is 6.07 Å². The van der Waals surface area contributed by atoms with Crippen molar-refractivity contribution >= 4 is 5.97 Å². The third-order valence-electron chi connectivity index (χ3n) is 2.34. The Morgan fingerprint density at radius 1 is 1.60 bits per heavy atom. The van der Waals surface area contributed by atoms with Gasteiger partial charge in [0.2, 0.25) is 6.10 Å². The molecule has 0 bridgehead atoms. The van der Waals surface area contributed by atoms with Crippen molar-refractivity contribution in [1.29, 1.82) is 5.26 Å². The monoisotopic (exact) mass is 202 g/mol. The molecule has 0 saturated heterocycles. The van der Waals surface area contributed by atoms with E-state index in [2.05, 4.69) is 5.32 Å². The Bertz CT molecular complexity index is 448. The molecule has 1 aromatic rings. The standard InChI is InChI=1S/C11H10N2O2/c1-13-6-7-2-3-8-9(4-7)11(14)15-10(8)5-12/h2-4,10,13H,6H2,1H3. The molecular formula is C11H10N2O2. The number of cyclic esters (lactones) is 1. The van der Waals surface area contributed by atoms with Gasteiger partial charge in [0.15, 0.2) is 0 Å². The minimum absolute atomic E-state index is 0.408.